The second-order valence-electron chi connectivity index (χ2n) is 5.55. The highest BCUT2D eigenvalue weighted by atomic mass is 16.2. The molecular weight excluding hydrogens is 300 g/mol. The summed E-state index contributed by atoms with van der Waals surface area (Å²) in [5.41, 5.74) is 4.16. The van der Waals surface area contributed by atoms with Crippen molar-refractivity contribution in [2.45, 2.75) is 0 Å². The zero-order chi connectivity index (χ0) is 16.5. The van der Waals surface area contributed by atoms with Crippen molar-refractivity contribution < 1.29 is 9.59 Å². The van der Waals surface area contributed by atoms with Crippen LogP contribution in [0.4, 0.5) is 11.4 Å². The van der Waals surface area contributed by atoms with E-state index in [1.807, 2.05) is 66.7 Å². The number of rotatable bonds is 3. The van der Waals surface area contributed by atoms with E-state index < -0.39 is 0 Å². The Kier molecular flexibility index (Phi) is 3.35. The van der Waals surface area contributed by atoms with E-state index in [0.29, 0.717) is 11.1 Å². The minimum atomic E-state index is -0.356. The Morgan fingerprint density at radius 2 is 1.33 bits per heavy atom. The lowest BCUT2D eigenvalue weighted by atomic mass is 9.94. The molecule has 1 aliphatic rings. The van der Waals surface area contributed by atoms with Crippen LogP contribution in [0.1, 0.15) is 20.7 Å². The average molecular weight is 314 g/mol. The summed E-state index contributed by atoms with van der Waals surface area (Å²) in [6.07, 6.45) is 0. The fourth-order valence-corrected chi connectivity index (χ4v) is 2.95. The number of carbonyl (C=O) groups excluding carboxylic acids is 2. The fraction of sp³-hybridized carbons (Fsp3) is 0. The predicted octanol–water partition coefficient (Wildman–Crippen LogP) is 3.98. The van der Waals surface area contributed by atoms with Gasteiger partial charge in [0.05, 0.1) is 11.1 Å². The number of imide groups is 1. The smallest absolute Gasteiger partial charge is 0.259 e. The first-order valence-corrected chi connectivity index (χ1v) is 7.64. The molecule has 0 spiro atoms. The van der Waals surface area contributed by atoms with Gasteiger partial charge in [-0.3, -0.25) is 14.9 Å². The number of carbonyl (C=O) groups is 2. The van der Waals surface area contributed by atoms with Crippen molar-refractivity contribution in [3.8, 4) is 11.1 Å². The van der Waals surface area contributed by atoms with Crippen molar-refractivity contribution in [1.29, 1.82) is 0 Å². The maximum Gasteiger partial charge on any atom is 0.259 e. The van der Waals surface area contributed by atoms with Gasteiger partial charge in [-0.05, 0) is 29.8 Å². The van der Waals surface area contributed by atoms with Crippen LogP contribution in [-0.4, -0.2) is 11.8 Å². The Labute approximate surface area is 139 Å². The fourth-order valence-electron chi connectivity index (χ4n) is 2.95. The summed E-state index contributed by atoms with van der Waals surface area (Å²) in [6, 6.07) is 22.9. The molecule has 0 radical (unpaired) electrons. The summed E-state index contributed by atoms with van der Waals surface area (Å²) >= 11 is 0. The van der Waals surface area contributed by atoms with Crippen LogP contribution in [0.2, 0.25) is 0 Å². The van der Waals surface area contributed by atoms with E-state index in [1.54, 1.807) is 6.07 Å². The Morgan fingerprint density at radius 1 is 0.667 bits per heavy atom. The van der Waals surface area contributed by atoms with Crippen LogP contribution in [0.5, 0.6) is 0 Å². The van der Waals surface area contributed by atoms with Gasteiger partial charge in [0.15, 0.2) is 0 Å². The van der Waals surface area contributed by atoms with Crippen LogP contribution in [0.3, 0.4) is 0 Å². The van der Waals surface area contributed by atoms with Crippen molar-refractivity contribution in [1.82, 2.24) is 5.32 Å². The summed E-state index contributed by atoms with van der Waals surface area (Å²) in [5, 5.41) is 5.72. The molecule has 3 aromatic carbocycles. The van der Waals surface area contributed by atoms with Crippen molar-refractivity contribution in [3.05, 3.63) is 83.9 Å². The van der Waals surface area contributed by atoms with E-state index in [-0.39, 0.29) is 11.8 Å². The highest BCUT2D eigenvalue weighted by Gasteiger charge is 2.31. The molecular formula is C20H14N2O2. The van der Waals surface area contributed by atoms with Crippen molar-refractivity contribution >= 4 is 23.2 Å². The van der Waals surface area contributed by atoms with Crippen LogP contribution in [0.25, 0.3) is 11.1 Å². The molecule has 4 rings (SSSR count). The van der Waals surface area contributed by atoms with E-state index >= 15 is 0 Å². The molecule has 1 heterocycles. The summed E-state index contributed by atoms with van der Waals surface area (Å²) in [6.45, 7) is 0. The Morgan fingerprint density at radius 3 is 2.04 bits per heavy atom. The molecule has 0 unspecified atom stereocenters. The normalized spacial score (nSPS) is 12.7. The zero-order valence-corrected chi connectivity index (χ0v) is 12.7. The summed E-state index contributed by atoms with van der Waals surface area (Å²) in [5.74, 6) is -0.705. The number of benzene rings is 3. The third kappa shape index (κ3) is 2.34. The van der Waals surface area contributed by atoms with Crippen LogP contribution in [0.15, 0.2) is 72.8 Å². The zero-order valence-electron chi connectivity index (χ0n) is 12.7. The van der Waals surface area contributed by atoms with Crippen LogP contribution in [-0.2, 0) is 0 Å². The number of hydrogen-bond acceptors (Lipinski definition) is 3. The van der Waals surface area contributed by atoms with Crippen LogP contribution >= 0.6 is 0 Å². The Balaban J connectivity index is 1.93. The number of amides is 2. The standard InChI is InChI=1S/C20H14N2O2/c23-19-15-11-12-16(21-14-9-5-2-6-10-14)17(18(15)20(24)22-19)13-7-3-1-4-8-13/h1-12,21H,(H,22,23,24). The monoisotopic (exact) mass is 314 g/mol. The first-order chi connectivity index (χ1) is 11.7. The number of nitrogens with one attached hydrogen (secondary N) is 2. The maximum atomic E-state index is 12.3. The van der Waals surface area contributed by atoms with E-state index in [1.165, 1.54) is 0 Å². The number of para-hydroxylation sites is 1. The molecule has 0 bridgehead atoms. The van der Waals surface area contributed by atoms with Gasteiger partial charge in [0.1, 0.15) is 0 Å². The SMILES string of the molecule is O=C1NC(=O)c2c1ccc(Nc1ccccc1)c2-c1ccccc1. The molecule has 0 aliphatic carbocycles. The van der Waals surface area contributed by atoms with Gasteiger partial charge in [-0.25, -0.2) is 0 Å². The van der Waals surface area contributed by atoms with E-state index in [9.17, 15) is 9.59 Å². The molecule has 2 amide bonds. The van der Waals surface area contributed by atoms with Gasteiger partial charge in [-0.1, -0.05) is 48.5 Å². The minimum absolute atomic E-state index is 0.349. The van der Waals surface area contributed by atoms with Gasteiger partial charge < -0.3 is 5.32 Å². The molecule has 0 fully saturated rings. The van der Waals surface area contributed by atoms with E-state index in [2.05, 4.69) is 10.6 Å². The minimum Gasteiger partial charge on any atom is -0.355 e. The molecule has 24 heavy (non-hydrogen) atoms. The second kappa shape index (κ2) is 5.66. The van der Waals surface area contributed by atoms with Gasteiger partial charge in [0.25, 0.3) is 11.8 Å². The molecule has 1 aliphatic heterocycles. The summed E-state index contributed by atoms with van der Waals surface area (Å²) in [4.78, 5) is 24.3. The average Bonchev–Trinajstić information content (AvgIpc) is 2.91. The number of anilines is 2. The maximum absolute atomic E-state index is 12.3. The van der Waals surface area contributed by atoms with Gasteiger partial charge in [0.2, 0.25) is 0 Å². The van der Waals surface area contributed by atoms with Gasteiger partial charge in [0, 0.05) is 16.9 Å². The third-order valence-electron chi connectivity index (χ3n) is 4.02. The molecule has 3 aromatic rings. The highest BCUT2D eigenvalue weighted by molar-refractivity contribution is 6.25. The lowest BCUT2D eigenvalue weighted by molar-refractivity contribution is 0.0880. The third-order valence-corrected chi connectivity index (χ3v) is 4.02. The van der Waals surface area contributed by atoms with Crippen molar-refractivity contribution in [3.63, 3.8) is 0 Å². The number of hydrogen-bond donors (Lipinski definition) is 2. The largest absolute Gasteiger partial charge is 0.355 e. The van der Waals surface area contributed by atoms with Crippen LogP contribution in [0, 0.1) is 0 Å². The topological polar surface area (TPSA) is 58.2 Å². The quantitative estimate of drug-likeness (QED) is 0.719. The summed E-state index contributed by atoms with van der Waals surface area (Å²) in [7, 11) is 0. The van der Waals surface area contributed by atoms with E-state index in [0.717, 1.165) is 22.5 Å². The molecule has 4 heteroatoms. The predicted molar refractivity (Wildman–Crippen MR) is 93.4 cm³/mol. The van der Waals surface area contributed by atoms with Crippen LogP contribution < -0.4 is 10.6 Å². The molecule has 0 saturated heterocycles. The molecule has 116 valence electrons. The molecule has 2 N–H and O–H groups in total. The first-order valence-electron chi connectivity index (χ1n) is 7.64. The molecule has 0 aromatic heterocycles. The summed E-state index contributed by atoms with van der Waals surface area (Å²) < 4.78 is 0. The Hall–Kier alpha value is -3.40. The Bertz CT molecular complexity index is 935. The number of fused-ring (bicyclic) bond motifs is 1. The van der Waals surface area contributed by atoms with Crippen molar-refractivity contribution in [2.24, 2.45) is 0 Å². The highest BCUT2D eigenvalue weighted by Crippen LogP contribution is 2.37. The van der Waals surface area contributed by atoms with Gasteiger partial charge in [-0.2, -0.15) is 0 Å². The van der Waals surface area contributed by atoms with Gasteiger partial charge in [-0.15, -0.1) is 0 Å². The first kappa shape index (κ1) is 14.2. The molecule has 0 saturated carbocycles. The van der Waals surface area contributed by atoms with E-state index in [4.69, 9.17) is 0 Å². The van der Waals surface area contributed by atoms with Crippen molar-refractivity contribution in [2.75, 3.05) is 5.32 Å². The lowest BCUT2D eigenvalue weighted by Crippen LogP contribution is -2.20. The lowest BCUT2D eigenvalue weighted by Gasteiger charge is -2.15. The molecule has 0 atom stereocenters. The van der Waals surface area contributed by atoms with Gasteiger partial charge >= 0.3 is 0 Å². The molecule has 4 nitrogen and oxygen atoms in total. The second-order valence-corrected chi connectivity index (χ2v) is 5.55.